The van der Waals surface area contributed by atoms with Gasteiger partial charge in [0, 0.05) is 0 Å². The molecule has 1 nitrogen and oxygen atoms in total. The summed E-state index contributed by atoms with van der Waals surface area (Å²) in [7, 11) is 0. The van der Waals surface area contributed by atoms with E-state index in [1.807, 2.05) is 26.0 Å². The minimum atomic E-state index is -0.437. The fraction of sp³-hybridized carbons (Fsp3) is 0.538. The van der Waals surface area contributed by atoms with E-state index in [1.54, 1.807) is 6.07 Å². The molecule has 0 radical (unpaired) electrons. The van der Waals surface area contributed by atoms with Crippen LogP contribution in [0.2, 0.25) is 0 Å². The molecule has 0 atom stereocenters. The summed E-state index contributed by atoms with van der Waals surface area (Å²) in [6.07, 6.45) is 0. The molecular weight excluding hydrogens is 208 g/mol. The molecule has 0 amide bonds. The van der Waals surface area contributed by atoms with Gasteiger partial charge in [-0.05, 0) is 36.5 Å². The summed E-state index contributed by atoms with van der Waals surface area (Å²) in [5, 5.41) is 9.93. The van der Waals surface area contributed by atoms with Crippen molar-refractivity contribution in [2.75, 3.05) is 0 Å². The average molecular weight is 227 g/mol. The van der Waals surface area contributed by atoms with Gasteiger partial charge in [-0.3, -0.25) is 0 Å². The van der Waals surface area contributed by atoms with E-state index >= 15 is 0 Å². The second kappa shape index (κ2) is 3.71. The van der Waals surface area contributed by atoms with Crippen LogP contribution >= 0.6 is 11.6 Å². The summed E-state index contributed by atoms with van der Waals surface area (Å²) in [5.41, 5.74) is 1.85. The number of hydrogen-bond acceptors (Lipinski definition) is 1. The van der Waals surface area contributed by atoms with Crippen LogP contribution in [-0.4, -0.2) is 5.11 Å². The number of hydrogen-bond donors (Lipinski definition) is 1. The lowest BCUT2D eigenvalue weighted by molar-refractivity contribution is 0.445. The van der Waals surface area contributed by atoms with E-state index in [9.17, 15) is 5.11 Å². The number of benzene rings is 1. The third-order valence-corrected chi connectivity index (χ3v) is 2.71. The van der Waals surface area contributed by atoms with Crippen molar-refractivity contribution in [2.24, 2.45) is 0 Å². The normalized spacial score (nSPS) is 12.9. The van der Waals surface area contributed by atoms with Crippen molar-refractivity contribution in [2.45, 2.75) is 44.9 Å². The van der Waals surface area contributed by atoms with Gasteiger partial charge in [0.1, 0.15) is 5.75 Å². The highest BCUT2D eigenvalue weighted by Gasteiger charge is 2.22. The van der Waals surface area contributed by atoms with E-state index in [2.05, 4.69) is 20.8 Å². The number of halogens is 1. The van der Waals surface area contributed by atoms with Crippen molar-refractivity contribution in [1.29, 1.82) is 0 Å². The summed E-state index contributed by atoms with van der Waals surface area (Å²) >= 11 is 6.19. The van der Waals surface area contributed by atoms with Crippen LogP contribution in [0.5, 0.6) is 5.75 Å². The molecule has 0 unspecified atom stereocenters. The molecule has 0 spiro atoms. The van der Waals surface area contributed by atoms with E-state index in [1.165, 1.54) is 0 Å². The van der Waals surface area contributed by atoms with Crippen molar-refractivity contribution >= 4 is 11.6 Å². The molecule has 1 rings (SSSR count). The molecular formula is C13H19ClO. The zero-order valence-electron chi connectivity index (χ0n) is 10.1. The Morgan fingerprint density at radius 3 is 1.93 bits per heavy atom. The summed E-state index contributed by atoms with van der Waals surface area (Å²) in [4.78, 5) is -0.437. The fourth-order valence-corrected chi connectivity index (χ4v) is 1.65. The van der Waals surface area contributed by atoms with Crippen LogP contribution in [0.25, 0.3) is 0 Å². The van der Waals surface area contributed by atoms with Crippen LogP contribution in [0.15, 0.2) is 18.2 Å². The van der Waals surface area contributed by atoms with Gasteiger partial charge in [-0.15, -0.1) is 11.6 Å². The molecule has 0 saturated carbocycles. The third kappa shape index (κ3) is 2.88. The van der Waals surface area contributed by atoms with E-state index in [-0.39, 0.29) is 5.41 Å². The Bertz CT molecular complexity index is 356. The molecule has 0 heterocycles. The zero-order chi connectivity index (χ0) is 11.9. The van der Waals surface area contributed by atoms with Gasteiger partial charge in [-0.2, -0.15) is 0 Å². The second-order valence-corrected chi connectivity index (χ2v) is 6.40. The molecule has 0 saturated heterocycles. The first kappa shape index (κ1) is 12.4. The van der Waals surface area contributed by atoms with E-state index in [4.69, 9.17) is 11.6 Å². The van der Waals surface area contributed by atoms with Gasteiger partial charge in [0.25, 0.3) is 0 Å². The van der Waals surface area contributed by atoms with Crippen molar-refractivity contribution < 1.29 is 5.11 Å². The van der Waals surface area contributed by atoms with Crippen LogP contribution in [-0.2, 0) is 10.3 Å². The van der Waals surface area contributed by atoms with Crippen molar-refractivity contribution in [1.82, 2.24) is 0 Å². The first-order chi connectivity index (χ1) is 6.62. The SMILES string of the molecule is CC(C)(C)c1ccc(C(C)(C)Cl)cc1O. The van der Waals surface area contributed by atoms with Gasteiger partial charge in [-0.1, -0.05) is 32.9 Å². The largest absolute Gasteiger partial charge is 0.508 e. The second-order valence-electron chi connectivity index (χ2n) is 5.45. The molecule has 84 valence electrons. The monoisotopic (exact) mass is 226 g/mol. The van der Waals surface area contributed by atoms with E-state index in [0.717, 1.165) is 11.1 Å². The van der Waals surface area contributed by atoms with Gasteiger partial charge < -0.3 is 5.11 Å². The summed E-state index contributed by atoms with van der Waals surface area (Å²) in [6, 6.07) is 5.69. The minimum absolute atomic E-state index is 0.0426. The Labute approximate surface area is 97.1 Å². The molecule has 1 aromatic rings. The van der Waals surface area contributed by atoms with Crippen LogP contribution < -0.4 is 0 Å². The predicted octanol–water partition coefficient (Wildman–Crippen LogP) is 4.16. The smallest absolute Gasteiger partial charge is 0.119 e. The molecule has 1 aromatic carbocycles. The number of aromatic hydroxyl groups is 1. The Morgan fingerprint density at radius 2 is 1.60 bits per heavy atom. The Morgan fingerprint density at radius 1 is 1.07 bits per heavy atom. The highest BCUT2D eigenvalue weighted by molar-refractivity contribution is 6.23. The van der Waals surface area contributed by atoms with Gasteiger partial charge in [0.2, 0.25) is 0 Å². The Balaban J connectivity index is 3.21. The van der Waals surface area contributed by atoms with Crippen LogP contribution in [0, 0.1) is 0 Å². The fourth-order valence-electron chi connectivity index (χ4n) is 1.54. The van der Waals surface area contributed by atoms with Crippen LogP contribution in [0.1, 0.15) is 45.7 Å². The van der Waals surface area contributed by atoms with Crippen LogP contribution in [0.3, 0.4) is 0 Å². The lowest BCUT2D eigenvalue weighted by Crippen LogP contribution is -2.13. The molecule has 2 heteroatoms. The van der Waals surface area contributed by atoms with Gasteiger partial charge in [-0.25, -0.2) is 0 Å². The summed E-state index contributed by atoms with van der Waals surface area (Å²) in [5.74, 6) is 0.328. The van der Waals surface area contributed by atoms with E-state index in [0.29, 0.717) is 5.75 Å². The molecule has 0 bridgehead atoms. The lowest BCUT2D eigenvalue weighted by Gasteiger charge is -2.23. The van der Waals surface area contributed by atoms with Crippen molar-refractivity contribution in [3.05, 3.63) is 29.3 Å². The Hall–Kier alpha value is -0.690. The summed E-state index contributed by atoms with van der Waals surface area (Å²) < 4.78 is 0. The van der Waals surface area contributed by atoms with E-state index < -0.39 is 4.87 Å². The molecule has 0 aromatic heterocycles. The standard InChI is InChI=1S/C13H19ClO/c1-12(2,3)10-7-6-9(8-11(10)15)13(4,5)14/h6-8,15H,1-5H3. The molecule has 15 heavy (non-hydrogen) atoms. The molecule has 0 aliphatic carbocycles. The first-order valence-corrected chi connectivity index (χ1v) is 5.53. The number of phenols is 1. The average Bonchev–Trinajstić information content (AvgIpc) is 1.99. The third-order valence-electron chi connectivity index (χ3n) is 2.49. The maximum absolute atomic E-state index is 9.93. The van der Waals surface area contributed by atoms with Crippen LogP contribution in [0.4, 0.5) is 0 Å². The highest BCUT2D eigenvalue weighted by atomic mass is 35.5. The molecule has 0 aliphatic heterocycles. The quantitative estimate of drug-likeness (QED) is 0.713. The summed E-state index contributed by atoms with van der Waals surface area (Å²) in [6.45, 7) is 10.1. The molecule has 0 aliphatic rings. The minimum Gasteiger partial charge on any atom is -0.508 e. The molecule has 1 N–H and O–H groups in total. The van der Waals surface area contributed by atoms with Gasteiger partial charge in [0.15, 0.2) is 0 Å². The maximum Gasteiger partial charge on any atom is 0.119 e. The number of alkyl halides is 1. The maximum atomic E-state index is 9.93. The number of rotatable bonds is 1. The predicted molar refractivity (Wildman–Crippen MR) is 65.7 cm³/mol. The topological polar surface area (TPSA) is 20.2 Å². The van der Waals surface area contributed by atoms with Gasteiger partial charge in [0.05, 0.1) is 4.87 Å². The van der Waals surface area contributed by atoms with Crippen molar-refractivity contribution in [3.8, 4) is 5.75 Å². The molecule has 0 fully saturated rings. The van der Waals surface area contributed by atoms with Crippen molar-refractivity contribution in [3.63, 3.8) is 0 Å². The van der Waals surface area contributed by atoms with Gasteiger partial charge >= 0.3 is 0 Å². The number of phenolic OH excluding ortho intramolecular Hbond substituents is 1. The zero-order valence-corrected chi connectivity index (χ0v) is 10.8. The Kier molecular flexibility index (Phi) is 3.06. The lowest BCUT2D eigenvalue weighted by atomic mass is 9.85. The first-order valence-electron chi connectivity index (χ1n) is 5.15. The highest BCUT2D eigenvalue weighted by Crippen LogP contribution is 2.35.